The molecule has 1 saturated heterocycles. The second-order valence-corrected chi connectivity index (χ2v) is 8.96. The van der Waals surface area contributed by atoms with Crippen molar-refractivity contribution in [2.75, 3.05) is 23.3 Å². The molecule has 0 bridgehead atoms. The number of benzene rings is 2. The van der Waals surface area contributed by atoms with E-state index in [0.29, 0.717) is 17.4 Å². The maximum absolute atomic E-state index is 10.1. The Kier molecular flexibility index (Phi) is 5.61. The highest BCUT2D eigenvalue weighted by Gasteiger charge is 2.27. The Morgan fingerprint density at radius 3 is 2.33 bits per heavy atom. The molecule has 2 heterocycles. The molecule has 3 aromatic rings. The highest BCUT2D eigenvalue weighted by Crippen LogP contribution is 2.36. The molecular formula is C25H29N5. The van der Waals surface area contributed by atoms with Crippen LogP contribution in [-0.4, -0.2) is 29.7 Å². The van der Waals surface area contributed by atoms with Crippen LogP contribution in [0, 0.1) is 11.3 Å². The van der Waals surface area contributed by atoms with Gasteiger partial charge < -0.3 is 15.5 Å². The van der Waals surface area contributed by atoms with Crippen LogP contribution in [0.15, 0.2) is 54.6 Å². The normalized spacial score (nSPS) is 15.2. The summed E-state index contributed by atoms with van der Waals surface area (Å²) in [5.41, 5.74) is 3.55. The summed E-state index contributed by atoms with van der Waals surface area (Å²) in [5, 5.41) is 18.2. The molecule has 4 rings (SSSR count). The summed E-state index contributed by atoms with van der Waals surface area (Å²) >= 11 is 0. The minimum absolute atomic E-state index is 0.112. The van der Waals surface area contributed by atoms with Crippen molar-refractivity contribution in [3.63, 3.8) is 0 Å². The summed E-state index contributed by atoms with van der Waals surface area (Å²) in [5.74, 6) is 0.618. The number of nitrogens with one attached hydrogen (secondary N) is 2. The lowest BCUT2D eigenvalue weighted by atomic mass is 9.98. The Morgan fingerprint density at radius 2 is 1.67 bits per heavy atom. The van der Waals surface area contributed by atoms with Crippen molar-refractivity contribution in [3.05, 3.63) is 60.2 Å². The second-order valence-electron chi connectivity index (χ2n) is 8.96. The third-order valence-corrected chi connectivity index (χ3v) is 5.46. The zero-order chi connectivity index (χ0) is 21.1. The lowest BCUT2D eigenvalue weighted by molar-refractivity contribution is 0.317. The van der Waals surface area contributed by atoms with E-state index in [1.54, 1.807) is 0 Å². The molecule has 2 aromatic carbocycles. The quantitative estimate of drug-likeness (QED) is 0.631. The standard InChI is InChI=1S/C25H29N5/c1-25(2,3)29-19-13-15-30(16-14-19)23-20-11-7-8-12-22(20)28-24(21(23)17-26)27-18-9-5-4-6-10-18/h4-12,19,29H,13-16H2,1-3H3,(H,27,28). The molecule has 0 unspecified atom stereocenters. The van der Waals surface area contributed by atoms with E-state index in [9.17, 15) is 5.26 Å². The fourth-order valence-electron chi connectivity index (χ4n) is 4.24. The molecule has 0 aliphatic carbocycles. The number of anilines is 3. The zero-order valence-electron chi connectivity index (χ0n) is 17.9. The van der Waals surface area contributed by atoms with Crippen LogP contribution in [0.25, 0.3) is 10.9 Å². The average Bonchev–Trinajstić information content (AvgIpc) is 2.73. The van der Waals surface area contributed by atoms with Gasteiger partial charge in [0.2, 0.25) is 0 Å². The highest BCUT2D eigenvalue weighted by atomic mass is 15.2. The lowest BCUT2D eigenvalue weighted by Gasteiger charge is -2.38. The summed E-state index contributed by atoms with van der Waals surface area (Å²) in [6.07, 6.45) is 2.11. The van der Waals surface area contributed by atoms with E-state index in [0.717, 1.165) is 48.2 Å². The number of nitriles is 1. The predicted octanol–water partition coefficient (Wildman–Crippen LogP) is 5.21. The zero-order valence-corrected chi connectivity index (χ0v) is 17.9. The summed E-state index contributed by atoms with van der Waals surface area (Å²) in [6, 6.07) is 21.0. The molecule has 0 atom stereocenters. The minimum atomic E-state index is 0.112. The van der Waals surface area contributed by atoms with Crippen LogP contribution in [0.3, 0.4) is 0 Å². The van der Waals surface area contributed by atoms with Crippen molar-refractivity contribution in [2.24, 2.45) is 0 Å². The maximum Gasteiger partial charge on any atom is 0.151 e. The van der Waals surface area contributed by atoms with E-state index in [-0.39, 0.29) is 5.54 Å². The van der Waals surface area contributed by atoms with Gasteiger partial charge in [0, 0.05) is 35.7 Å². The number of aromatic nitrogens is 1. The van der Waals surface area contributed by atoms with Crippen molar-refractivity contribution in [3.8, 4) is 6.07 Å². The molecule has 0 spiro atoms. The van der Waals surface area contributed by atoms with Crippen LogP contribution in [0.2, 0.25) is 0 Å². The van der Waals surface area contributed by atoms with Crippen molar-refractivity contribution in [2.45, 2.75) is 45.2 Å². The number of hydrogen-bond donors (Lipinski definition) is 2. The number of rotatable bonds is 4. The van der Waals surface area contributed by atoms with Gasteiger partial charge in [0.1, 0.15) is 11.6 Å². The van der Waals surface area contributed by atoms with Gasteiger partial charge in [0.15, 0.2) is 5.82 Å². The van der Waals surface area contributed by atoms with Gasteiger partial charge in [0.25, 0.3) is 0 Å². The molecular weight excluding hydrogens is 370 g/mol. The van der Waals surface area contributed by atoms with Gasteiger partial charge in [-0.15, -0.1) is 0 Å². The molecule has 1 aliphatic rings. The minimum Gasteiger partial charge on any atom is -0.370 e. The molecule has 0 radical (unpaired) electrons. The SMILES string of the molecule is CC(C)(C)NC1CCN(c2c(C#N)c(Nc3ccccc3)nc3ccccc23)CC1. The van der Waals surface area contributed by atoms with Crippen LogP contribution < -0.4 is 15.5 Å². The van der Waals surface area contributed by atoms with Gasteiger partial charge >= 0.3 is 0 Å². The van der Waals surface area contributed by atoms with E-state index in [4.69, 9.17) is 4.98 Å². The topological polar surface area (TPSA) is 64.0 Å². The van der Waals surface area contributed by atoms with E-state index in [1.165, 1.54) is 0 Å². The third kappa shape index (κ3) is 4.39. The van der Waals surface area contributed by atoms with Crippen LogP contribution in [0.5, 0.6) is 0 Å². The van der Waals surface area contributed by atoms with Crippen molar-refractivity contribution < 1.29 is 0 Å². The van der Waals surface area contributed by atoms with Gasteiger partial charge in [-0.2, -0.15) is 5.26 Å². The summed E-state index contributed by atoms with van der Waals surface area (Å²) in [4.78, 5) is 7.15. The van der Waals surface area contributed by atoms with Crippen LogP contribution >= 0.6 is 0 Å². The molecule has 2 N–H and O–H groups in total. The van der Waals surface area contributed by atoms with Gasteiger partial charge in [0.05, 0.1) is 11.2 Å². The number of fused-ring (bicyclic) bond motifs is 1. The smallest absolute Gasteiger partial charge is 0.151 e. The second kappa shape index (κ2) is 8.33. The van der Waals surface area contributed by atoms with E-state index in [2.05, 4.69) is 48.4 Å². The van der Waals surface area contributed by atoms with E-state index in [1.807, 2.05) is 48.5 Å². The number of nitrogens with zero attached hydrogens (tertiary/aromatic N) is 3. The molecule has 1 aromatic heterocycles. The van der Waals surface area contributed by atoms with Gasteiger partial charge in [-0.1, -0.05) is 36.4 Å². The Balaban J connectivity index is 1.71. The monoisotopic (exact) mass is 399 g/mol. The molecule has 0 saturated carbocycles. The molecule has 0 amide bonds. The summed E-state index contributed by atoms with van der Waals surface area (Å²) in [7, 11) is 0. The Hall–Kier alpha value is -3.10. The lowest BCUT2D eigenvalue weighted by Crippen LogP contribution is -2.49. The third-order valence-electron chi connectivity index (χ3n) is 5.46. The van der Waals surface area contributed by atoms with E-state index < -0.39 is 0 Å². The Bertz CT molecular complexity index is 1050. The van der Waals surface area contributed by atoms with Crippen LogP contribution in [0.1, 0.15) is 39.2 Å². The molecule has 5 heteroatoms. The Labute approximate surface area is 178 Å². The largest absolute Gasteiger partial charge is 0.370 e. The first-order chi connectivity index (χ1) is 14.4. The Morgan fingerprint density at radius 1 is 1.00 bits per heavy atom. The fourth-order valence-corrected chi connectivity index (χ4v) is 4.24. The molecule has 30 heavy (non-hydrogen) atoms. The van der Waals surface area contributed by atoms with Crippen LogP contribution in [-0.2, 0) is 0 Å². The fraction of sp³-hybridized carbons (Fsp3) is 0.360. The van der Waals surface area contributed by atoms with Gasteiger partial charge in [-0.25, -0.2) is 4.98 Å². The van der Waals surface area contributed by atoms with Crippen molar-refractivity contribution in [1.29, 1.82) is 5.26 Å². The van der Waals surface area contributed by atoms with Gasteiger partial charge in [-0.05, 0) is 51.8 Å². The van der Waals surface area contributed by atoms with Gasteiger partial charge in [-0.3, -0.25) is 0 Å². The first kappa shape index (κ1) is 20.2. The number of hydrogen-bond acceptors (Lipinski definition) is 5. The first-order valence-corrected chi connectivity index (χ1v) is 10.6. The first-order valence-electron chi connectivity index (χ1n) is 10.6. The maximum atomic E-state index is 10.1. The highest BCUT2D eigenvalue weighted by molar-refractivity contribution is 5.98. The molecule has 154 valence electrons. The van der Waals surface area contributed by atoms with Crippen molar-refractivity contribution in [1.82, 2.24) is 10.3 Å². The molecule has 5 nitrogen and oxygen atoms in total. The molecule has 1 fully saturated rings. The van der Waals surface area contributed by atoms with E-state index >= 15 is 0 Å². The summed E-state index contributed by atoms with van der Waals surface area (Å²) in [6.45, 7) is 8.48. The van der Waals surface area contributed by atoms with Crippen molar-refractivity contribution >= 4 is 28.1 Å². The number of pyridine rings is 1. The molecule has 1 aliphatic heterocycles. The number of para-hydroxylation sites is 2. The van der Waals surface area contributed by atoms with Crippen LogP contribution in [0.4, 0.5) is 17.2 Å². The average molecular weight is 400 g/mol. The number of piperidine rings is 1. The summed E-state index contributed by atoms with van der Waals surface area (Å²) < 4.78 is 0. The predicted molar refractivity (Wildman–Crippen MR) is 124 cm³/mol.